The van der Waals surface area contributed by atoms with Gasteiger partial charge in [-0.2, -0.15) is 4.31 Å². The van der Waals surface area contributed by atoms with Crippen LogP contribution in [0.25, 0.3) is 10.2 Å². The van der Waals surface area contributed by atoms with E-state index in [1.54, 1.807) is 46.6 Å². The Balaban J connectivity index is 1.33. The van der Waals surface area contributed by atoms with E-state index in [0.717, 1.165) is 20.9 Å². The van der Waals surface area contributed by atoms with E-state index >= 15 is 0 Å². The van der Waals surface area contributed by atoms with E-state index < -0.39 is 10.0 Å². The van der Waals surface area contributed by atoms with Crippen LogP contribution >= 0.6 is 11.3 Å². The quantitative estimate of drug-likeness (QED) is 0.612. The lowest BCUT2D eigenvalue weighted by Gasteiger charge is -2.34. The Morgan fingerprint density at radius 2 is 1.81 bits per heavy atom. The molecule has 2 heterocycles. The Morgan fingerprint density at radius 3 is 2.48 bits per heavy atom. The number of amides is 1. The second kappa shape index (κ2) is 8.94. The molecule has 0 spiro atoms. The number of hydrogen-bond donors (Lipinski definition) is 1. The molecule has 3 aromatic rings. The highest BCUT2D eigenvalue weighted by molar-refractivity contribution is 7.89. The van der Waals surface area contributed by atoms with Crippen LogP contribution in [0.4, 0.5) is 5.69 Å². The molecule has 0 aliphatic carbocycles. The fourth-order valence-electron chi connectivity index (χ4n) is 3.51. The van der Waals surface area contributed by atoms with Crippen LogP contribution in [0.5, 0.6) is 0 Å². The molecule has 7 nitrogen and oxygen atoms in total. The van der Waals surface area contributed by atoms with E-state index in [2.05, 4.69) is 24.1 Å². The number of carbonyl (C=O) groups excluding carboxylic acids is 1. The number of sulfonamides is 1. The van der Waals surface area contributed by atoms with Crippen molar-refractivity contribution in [1.29, 1.82) is 0 Å². The molecule has 9 heteroatoms. The molecule has 1 saturated heterocycles. The fraction of sp³-hybridized carbons (Fsp3) is 0.364. The van der Waals surface area contributed by atoms with Crippen LogP contribution in [0.15, 0.2) is 53.4 Å². The zero-order chi connectivity index (χ0) is 22.0. The van der Waals surface area contributed by atoms with Gasteiger partial charge in [0.1, 0.15) is 0 Å². The number of carbonyl (C=O) groups is 1. The maximum atomic E-state index is 12.7. The largest absolute Gasteiger partial charge is 0.376 e. The predicted molar refractivity (Wildman–Crippen MR) is 124 cm³/mol. The summed E-state index contributed by atoms with van der Waals surface area (Å²) in [6.07, 6.45) is 0. The molecule has 0 unspecified atom stereocenters. The topological polar surface area (TPSA) is 82.6 Å². The van der Waals surface area contributed by atoms with Gasteiger partial charge in [0, 0.05) is 37.8 Å². The molecular formula is C22H26N4O3S2. The fourth-order valence-corrected chi connectivity index (χ4v) is 5.96. The molecule has 1 amide bonds. The number of aromatic nitrogens is 1. The highest BCUT2D eigenvalue weighted by atomic mass is 32.2. The third kappa shape index (κ3) is 4.73. The van der Waals surface area contributed by atoms with Crippen LogP contribution < -0.4 is 5.32 Å². The minimum Gasteiger partial charge on any atom is -0.376 e. The van der Waals surface area contributed by atoms with Crippen molar-refractivity contribution in [3.8, 4) is 0 Å². The molecule has 1 fully saturated rings. The van der Waals surface area contributed by atoms with Crippen LogP contribution in [0.2, 0.25) is 0 Å². The van der Waals surface area contributed by atoms with Crippen molar-refractivity contribution in [2.75, 3.05) is 38.0 Å². The summed E-state index contributed by atoms with van der Waals surface area (Å²) in [5.41, 5.74) is 1.85. The number of thiazole rings is 1. The highest BCUT2D eigenvalue weighted by Gasteiger charge is 2.29. The monoisotopic (exact) mass is 458 g/mol. The standard InChI is InChI=1S/C22H26N4O3S2/c1-16(2)22-24-19-9-8-17(14-20(19)30-22)23-15-21(27)25-10-12-26(13-11-25)31(28,29)18-6-4-3-5-7-18/h3-9,14,16,23H,10-13,15H2,1-2H3. The summed E-state index contributed by atoms with van der Waals surface area (Å²) in [6.45, 7) is 5.80. The number of anilines is 1. The molecule has 0 bridgehead atoms. The first kappa shape index (κ1) is 21.7. The molecule has 0 radical (unpaired) electrons. The summed E-state index contributed by atoms with van der Waals surface area (Å²) in [4.78, 5) is 19.3. The van der Waals surface area contributed by atoms with E-state index in [1.807, 2.05) is 18.2 Å². The van der Waals surface area contributed by atoms with Crippen molar-refractivity contribution in [1.82, 2.24) is 14.2 Å². The molecule has 4 rings (SSSR count). The second-order valence-electron chi connectivity index (χ2n) is 7.84. The number of benzene rings is 2. The zero-order valence-corrected chi connectivity index (χ0v) is 19.2. The number of nitrogens with zero attached hydrogens (tertiary/aromatic N) is 3. The van der Waals surface area contributed by atoms with E-state index in [0.29, 0.717) is 32.1 Å². The van der Waals surface area contributed by atoms with Crippen LogP contribution in [0.3, 0.4) is 0 Å². The first-order valence-corrected chi connectivity index (χ1v) is 12.6. The third-order valence-electron chi connectivity index (χ3n) is 5.31. The first-order valence-electron chi connectivity index (χ1n) is 10.3. The highest BCUT2D eigenvalue weighted by Crippen LogP contribution is 2.29. The minimum absolute atomic E-state index is 0.0379. The average Bonchev–Trinajstić information content (AvgIpc) is 3.22. The van der Waals surface area contributed by atoms with Gasteiger partial charge in [0.15, 0.2) is 0 Å². The number of fused-ring (bicyclic) bond motifs is 1. The number of piperazine rings is 1. The van der Waals surface area contributed by atoms with Crippen LogP contribution in [0, 0.1) is 0 Å². The molecule has 164 valence electrons. The molecule has 1 aromatic heterocycles. The molecule has 1 aliphatic heterocycles. The first-order chi connectivity index (χ1) is 14.8. The summed E-state index contributed by atoms with van der Waals surface area (Å²) in [7, 11) is -3.52. The molecule has 0 atom stereocenters. The van der Waals surface area contributed by atoms with Gasteiger partial charge in [0.25, 0.3) is 0 Å². The lowest BCUT2D eigenvalue weighted by atomic mass is 10.2. The molecule has 31 heavy (non-hydrogen) atoms. The lowest BCUT2D eigenvalue weighted by Crippen LogP contribution is -2.51. The van der Waals surface area contributed by atoms with E-state index in [9.17, 15) is 13.2 Å². The van der Waals surface area contributed by atoms with Crippen LogP contribution in [0.1, 0.15) is 24.8 Å². The zero-order valence-electron chi connectivity index (χ0n) is 17.6. The van der Waals surface area contributed by atoms with Crippen molar-refractivity contribution in [2.24, 2.45) is 0 Å². The van der Waals surface area contributed by atoms with Crippen LogP contribution in [-0.4, -0.2) is 61.2 Å². The summed E-state index contributed by atoms with van der Waals surface area (Å²) in [5.74, 6) is 0.351. The SMILES string of the molecule is CC(C)c1nc2ccc(NCC(=O)N3CCN(S(=O)(=O)c4ccccc4)CC3)cc2s1. The Kier molecular flexibility index (Phi) is 6.27. The lowest BCUT2D eigenvalue weighted by molar-refractivity contribution is -0.130. The van der Waals surface area contributed by atoms with Gasteiger partial charge in [-0.25, -0.2) is 13.4 Å². The average molecular weight is 459 g/mol. The summed E-state index contributed by atoms with van der Waals surface area (Å²) in [5, 5.41) is 4.30. The van der Waals surface area contributed by atoms with E-state index in [-0.39, 0.29) is 17.3 Å². The number of nitrogens with one attached hydrogen (secondary N) is 1. The molecule has 0 saturated carbocycles. The normalized spacial score (nSPS) is 15.5. The maximum absolute atomic E-state index is 12.7. The number of hydrogen-bond acceptors (Lipinski definition) is 6. The molecule has 1 N–H and O–H groups in total. The van der Waals surface area contributed by atoms with Gasteiger partial charge in [0.05, 0.1) is 26.7 Å². The summed E-state index contributed by atoms with van der Waals surface area (Å²) in [6, 6.07) is 14.3. The van der Waals surface area contributed by atoms with Gasteiger partial charge < -0.3 is 10.2 Å². The van der Waals surface area contributed by atoms with E-state index in [4.69, 9.17) is 0 Å². The van der Waals surface area contributed by atoms with Crippen LogP contribution in [-0.2, 0) is 14.8 Å². The van der Waals surface area contributed by atoms with Crippen molar-refractivity contribution < 1.29 is 13.2 Å². The van der Waals surface area contributed by atoms with Crippen molar-refractivity contribution >= 4 is 43.2 Å². The number of rotatable bonds is 6. The van der Waals surface area contributed by atoms with Gasteiger partial charge >= 0.3 is 0 Å². The Hall–Kier alpha value is -2.49. The van der Waals surface area contributed by atoms with Gasteiger partial charge in [0.2, 0.25) is 15.9 Å². The van der Waals surface area contributed by atoms with Gasteiger partial charge in [-0.1, -0.05) is 32.0 Å². The maximum Gasteiger partial charge on any atom is 0.243 e. The Bertz CT molecular complexity index is 1170. The van der Waals surface area contributed by atoms with Crippen molar-refractivity contribution in [3.05, 3.63) is 53.5 Å². The third-order valence-corrected chi connectivity index (χ3v) is 8.55. The van der Waals surface area contributed by atoms with Crippen molar-refractivity contribution in [3.63, 3.8) is 0 Å². The van der Waals surface area contributed by atoms with Gasteiger partial charge in [-0.15, -0.1) is 11.3 Å². The molecule has 1 aliphatic rings. The summed E-state index contributed by atoms with van der Waals surface area (Å²) < 4.78 is 28.0. The van der Waals surface area contributed by atoms with Gasteiger partial charge in [-0.05, 0) is 30.3 Å². The van der Waals surface area contributed by atoms with Gasteiger partial charge in [-0.3, -0.25) is 4.79 Å². The predicted octanol–water partition coefficient (Wildman–Crippen LogP) is 3.36. The minimum atomic E-state index is -3.52. The van der Waals surface area contributed by atoms with E-state index in [1.165, 1.54) is 4.31 Å². The van der Waals surface area contributed by atoms with Crippen molar-refractivity contribution in [2.45, 2.75) is 24.7 Å². The Morgan fingerprint density at radius 1 is 1.10 bits per heavy atom. The smallest absolute Gasteiger partial charge is 0.243 e. The Labute approximate surface area is 186 Å². The summed E-state index contributed by atoms with van der Waals surface area (Å²) >= 11 is 1.67. The molecular weight excluding hydrogens is 432 g/mol. The second-order valence-corrected chi connectivity index (χ2v) is 10.8. The molecule has 2 aromatic carbocycles.